The Kier molecular flexibility index (Phi) is 6.32. The van der Waals surface area contributed by atoms with Crippen molar-refractivity contribution in [3.63, 3.8) is 0 Å². The van der Waals surface area contributed by atoms with Gasteiger partial charge in [0.1, 0.15) is 18.0 Å². The second-order valence-electron chi connectivity index (χ2n) is 7.17. The number of hydrogen-bond donors (Lipinski definition) is 1. The molecular formula is C18H25BrN2O4. The van der Waals surface area contributed by atoms with Crippen LogP contribution in [0.2, 0.25) is 0 Å². The standard InChI is InChI=1S/C18H25BrN2O4/c1-17(2,3)24-16(22)20-11-13-9-15(25-21-13)12-23-14-7-5-6-8-18(4,19)10-14/h5-8,10,15H,9,11-12H2,1-4H3,(H,20,22). The smallest absolute Gasteiger partial charge is 0.407 e. The Balaban J connectivity index is 1.72. The van der Waals surface area contributed by atoms with Crippen LogP contribution in [0.25, 0.3) is 0 Å². The maximum absolute atomic E-state index is 11.6. The topological polar surface area (TPSA) is 69.2 Å². The lowest BCUT2D eigenvalue weighted by Crippen LogP contribution is -2.35. The van der Waals surface area contributed by atoms with Crippen LogP contribution in [-0.4, -0.2) is 41.0 Å². The molecule has 2 rings (SSSR count). The zero-order chi connectivity index (χ0) is 18.5. The number of hydrogen-bond acceptors (Lipinski definition) is 5. The molecule has 0 radical (unpaired) electrons. The molecule has 1 heterocycles. The molecule has 0 fully saturated rings. The molecule has 0 saturated carbocycles. The molecule has 1 amide bonds. The molecule has 2 unspecified atom stereocenters. The maximum Gasteiger partial charge on any atom is 0.407 e. The highest BCUT2D eigenvalue weighted by Crippen LogP contribution is 2.26. The van der Waals surface area contributed by atoms with Crippen LogP contribution in [0.3, 0.4) is 0 Å². The number of rotatable bonds is 5. The van der Waals surface area contributed by atoms with Crippen LogP contribution in [0.5, 0.6) is 0 Å². The highest BCUT2D eigenvalue weighted by atomic mass is 79.9. The van der Waals surface area contributed by atoms with E-state index in [1.165, 1.54) is 0 Å². The van der Waals surface area contributed by atoms with Crippen LogP contribution in [0, 0.1) is 0 Å². The second-order valence-corrected chi connectivity index (χ2v) is 8.88. The summed E-state index contributed by atoms with van der Waals surface area (Å²) in [5.74, 6) is 0.772. The van der Waals surface area contributed by atoms with E-state index in [0.717, 1.165) is 11.5 Å². The summed E-state index contributed by atoms with van der Waals surface area (Å²) in [5.41, 5.74) is 0.240. The zero-order valence-corrected chi connectivity index (χ0v) is 16.6. The quantitative estimate of drug-likeness (QED) is 0.696. The van der Waals surface area contributed by atoms with E-state index in [-0.39, 0.29) is 10.4 Å². The van der Waals surface area contributed by atoms with Gasteiger partial charge in [0.05, 0.1) is 16.6 Å². The van der Waals surface area contributed by atoms with E-state index < -0.39 is 11.7 Å². The third kappa shape index (κ3) is 7.34. The van der Waals surface area contributed by atoms with E-state index in [9.17, 15) is 4.79 Å². The van der Waals surface area contributed by atoms with Crippen molar-refractivity contribution < 1.29 is 19.1 Å². The van der Waals surface area contributed by atoms with Gasteiger partial charge >= 0.3 is 6.09 Å². The molecule has 0 aromatic rings. The van der Waals surface area contributed by atoms with Gasteiger partial charge in [0.15, 0.2) is 6.10 Å². The van der Waals surface area contributed by atoms with Crippen molar-refractivity contribution in [1.82, 2.24) is 5.32 Å². The predicted octanol–water partition coefficient (Wildman–Crippen LogP) is 3.84. The number of nitrogens with one attached hydrogen (secondary N) is 1. The molecule has 6 nitrogen and oxygen atoms in total. The highest BCUT2D eigenvalue weighted by molar-refractivity contribution is 9.10. The Bertz CT molecular complexity index is 615. The number of carbonyl (C=O) groups excluding carboxylic acids is 1. The fourth-order valence-corrected chi connectivity index (χ4v) is 2.59. The number of alkyl halides is 1. The Labute approximate surface area is 157 Å². The number of halogens is 1. The molecule has 7 heteroatoms. The largest absolute Gasteiger partial charge is 0.490 e. The Morgan fingerprint density at radius 2 is 2.24 bits per heavy atom. The van der Waals surface area contributed by atoms with Crippen molar-refractivity contribution in [3.05, 3.63) is 36.1 Å². The second kappa shape index (κ2) is 8.08. The number of ether oxygens (including phenoxy) is 2. The third-order valence-corrected chi connectivity index (χ3v) is 3.78. The summed E-state index contributed by atoms with van der Waals surface area (Å²) in [6, 6.07) is 0. The van der Waals surface area contributed by atoms with Gasteiger partial charge in [-0.15, -0.1) is 0 Å². The molecule has 0 spiro atoms. The fraction of sp³-hybridized carbons (Fsp3) is 0.556. The summed E-state index contributed by atoms with van der Waals surface area (Å²) in [6.07, 6.45) is 9.82. The number of oxime groups is 1. The van der Waals surface area contributed by atoms with Crippen LogP contribution in [-0.2, 0) is 14.3 Å². The van der Waals surface area contributed by atoms with Crippen LogP contribution < -0.4 is 5.32 Å². The molecule has 138 valence electrons. The summed E-state index contributed by atoms with van der Waals surface area (Å²) < 4.78 is 10.8. The molecule has 2 atom stereocenters. The first-order valence-electron chi connectivity index (χ1n) is 8.22. The van der Waals surface area contributed by atoms with E-state index in [4.69, 9.17) is 14.3 Å². The predicted molar refractivity (Wildman–Crippen MR) is 101 cm³/mol. The van der Waals surface area contributed by atoms with Crippen molar-refractivity contribution in [2.24, 2.45) is 5.16 Å². The molecule has 2 aliphatic rings. The summed E-state index contributed by atoms with van der Waals surface area (Å²) in [7, 11) is 0. The van der Waals surface area contributed by atoms with E-state index in [0.29, 0.717) is 19.6 Å². The van der Waals surface area contributed by atoms with Gasteiger partial charge in [0.2, 0.25) is 0 Å². The summed E-state index contributed by atoms with van der Waals surface area (Å²) in [6.45, 7) is 8.19. The average molecular weight is 413 g/mol. The van der Waals surface area contributed by atoms with Gasteiger partial charge in [-0.2, -0.15) is 0 Å². The third-order valence-electron chi connectivity index (χ3n) is 3.28. The van der Waals surface area contributed by atoms with Gasteiger partial charge in [-0.1, -0.05) is 39.3 Å². The van der Waals surface area contributed by atoms with Crippen molar-refractivity contribution >= 4 is 27.7 Å². The van der Waals surface area contributed by atoms with Crippen molar-refractivity contribution in [3.8, 4) is 0 Å². The molecule has 0 bridgehead atoms. The van der Waals surface area contributed by atoms with Gasteiger partial charge < -0.3 is 19.6 Å². The summed E-state index contributed by atoms with van der Waals surface area (Å²) >= 11 is 3.61. The first-order chi connectivity index (χ1) is 11.6. The minimum Gasteiger partial charge on any atom is -0.490 e. The minimum atomic E-state index is -0.521. The van der Waals surface area contributed by atoms with Gasteiger partial charge in [0.25, 0.3) is 0 Å². The highest BCUT2D eigenvalue weighted by Gasteiger charge is 2.24. The van der Waals surface area contributed by atoms with Crippen LogP contribution >= 0.6 is 15.9 Å². The lowest BCUT2D eigenvalue weighted by Gasteiger charge is -2.19. The molecular weight excluding hydrogens is 388 g/mol. The van der Waals surface area contributed by atoms with Gasteiger partial charge in [-0.3, -0.25) is 0 Å². The van der Waals surface area contributed by atoms with Crippen molar-refractivity contribution in [2.75, 3.05) is 13.2 Å². The Morgan fingerprint density at radius 3 is 2.96 bits per heavy atom. The molecule has 0 aromatic carbocycles. The maximum atomic E-state index is 11.6. The van der Waals surface area contributed by atoms with Crippen LogP contribution in [0.15, 0.2) is 41.3 Å². The summed E-state index contributed by atoms with van der Waals surface area (Å²) in [5, 5.41) is 6.68. The Hall–Kier alpha value is -1.76. The molecule has 25 heavy (non-hydrogen) atoms. The molecule has 1 aliphatic heterocycles. The van der Waals surface area contributed by atoms with Crippen LogP contribution in [0.4, 0.5) is 4.79 Å². The summed E-state index contributed by atoms with van der Waals surface area (Å²) in [4.78, 5) is 17.0. The van der Waals surface area contributed by atoms with Gasteiger partial charge in [-0.25, -0.2) is 4.79 Å². The van der Waals surface area contributed by atoms with Gasteiger partial charge in [-0.05, 0) is 39.8 Å². The molecule has 1 aliphatic carbocycles. The molecule has 0 aromatic heterocycles. The first kappa shape index (κ1) is 19.6. The monoisotopic (exact) mass is 412 g/mol. The first-order valence-corrected chi connectivity index (χ1v) is 9.01. The van der Waals surface area contributed by atoms with Crippen molar-refractivity contribution in [1.29, 1.82) is 0 Å². The van der Waals surface area contributed by atoms with E-state index in [2.05, 4.69) is 26.4 Å². The fourth-order valence-electron chi connectivity index (χ4n) is 2.22. The average Bonchev–Trinajstić information content (AvgIpc) is 2.85. The van der Waals surface area contributed by atoms with Crippen molar-refractivity contribution in [2.45, 2.75) is 50.1 Å². The lowest BCUT2D eigenvalue weighted by molar-refractivity contribution is 0.0276. The van der Waals surface area contributed by atoms with Crippen LogP contribution in [0.1, 0.15) is 34.1 Å². The zero-order valence-electron chi connectivity index (χ0n) is 15.0. The SMILES string of the molecule is CC1(Br)C=CC=CC(OCC2CC(CNC(=O)OC(C)(C)C)=NO2)=C1. The number of nitrogens with zero attached hydrogens (tertiary/aromatic N) is 1. The lowest BCUT2D eigenvalue weighted by atomic mass is 10.1. The molecule has 1 N–H and O–H groups in total. The minimum absolute atomic E-state index is 0.164. The number of allylic oxidation sites excluding steroid dienone is 5. The number of amides is 1. The molecule has 0 saturated heterocycles. The number of carbonyl (C=O) groups is 1. The van der Waals surface area contributed by atoms with E-state index >= 15 is 0 Å². The Morgan fingerprint density at radius 1 is 1.48 bits per heavy atom. The number of alkyl carbamates (subject to hydrolysis) is 1. The van der Waals surface area contributed by atoms with E-state index in [1.807, 2.05) is 58.1 Å². The normalized spacial score (nSPS) is 25.6. The van der Waals surface area contributed by atoms with Gasteiger partial charge in [0, 0.05) is 6.42 Å². The van der Waals surface area contributed by atoms with E-state index in [1.54, 1.807) is 0 Å².